The van der Waals surface area contributed by atoms with Gasteiger partial charge in [-0.05, 0) is 46.3 Å². The average molecular weight is 326 g/mol. The van der Waals surface area contributed by atoms with Crippen LogP contribution in [0.1, 0.15) is 5.56 Å². The van der Waals surface area contributed by atoms with Crippen LogP contribution in [0.3, 0.4) is 0 Å². The van der Waals surface area contributed by atoms with Crippen LogP contribution in [-0.2, 0) is 0 Å². The Morgan fingerprint density at radius 2 is 2.18 bits per heavy atom. The first-order valence-corrected chi connectivity index (χ1v) is 6.67. The summed E-state index contributed by atoms with van der Waals surface area (Å²) in [5, 5.41) is 10.4. The molecule has 2 nitrogen and oxygen atoms in total. The fraction of sp³-hybridized carbons (Fsp3) is 0. The van der Waals surface area contributed by atoms with Gasteiger partial charge in [0.15, 0.2) is 0 Å². The Morgan fingerprint density at radius 1 is 1.35 bits per heavy atom. The van der Waals surface area contributed by atoms with Gasteiger partial charge in [0.05, 0.1) is 10.0 Å². The maximum absolute atomic E-state index is 9.04. The lowest BCUT2D eigenvalue weighted by molar-refractivity contribution is 1.11. The lowest BCUT2D eigenvalue weighted by Gasteiger charge is -2.04. The van der Waals surface area contributed by atoms with Gasteiger partial charge in [0.25, 0.3) is 0 Å². The number of pyridine rings is 1. The maximum Gasteiger partial charge on any atom is 0.115 e. The molecule has 0 aliphatic carbocycles. The summed E-state index contributed by atoms with van der Waals surface area (Å²) in [6, 6.07) is 11.1. The highest BCUT2D eigenvalue weighted by Gasteiger charge is 2.08. The summed E-state index contributed by atoms with van der Waals surface area (Å²) in [5.41, 5.74) is 0.556. The van der Waals surface area contributed by atoms with Crippen LogP contribution < -0.4 is 0 Å². The molecule has 17 heavy (non-hydrogen) atoms. The fourth-order valence-electron chi connectivity index (χ4n) is 1.23. The standard InChI is InChI=1S/C12H6BrClN2S/c13-10-2-1-5-16-12(10)17-11-4-3-9(14)6-8(11)7-15/h1-6H. The van der Waals surface area contributed by atoms with Gasteiger partial charge in [0.2, 0.25) is 0 Å². The minimum atomic E-state index is 0.556. The SMILES string of the molecule is N#Cc1cc(Cl)ccc1Sc1ncccc1Br. The van der Waals surface area contributed by atoms with Crippen LogP contribution in [0.5, 0.6) is 0 Å². The van der Waals surface area contributed by atoms with E-state index in [1.165, 1.54) is 11.8 Å². The zero-order valence-corrected chi connectivity index (χ0v) is 11.7. The summed E-state index contributed by atoms with van der Waals surface area (Å²) >= 11 is 10.7. The number of nitriles is 1. The molecule has 0 saturated heterocycles. The molecule has 0 N–H and O–H groups in total. The first-order valence-electron chi connectivity index (χ1n) is 4.69. The van der Waals surface area contributed by atoms with Crippen molar-refractivity contribution < 1.29 is 0 Å². The van der Waals surface area contributed by atoms with E-state index in [1.54, 1.807) is 18.3 Å². The second-order valence-corrected chi connectivity index (χ2v) is 5.47. The topological polar surface area (TPSA) is 36.7 Å². The molecule has 0 spiro atoms. The van der Waals surface area contributed by atoms with Crippen molar-refractivity contribution in [1.29, 1.82) is 5.26 Å². The summed E-state index contributed by atoms with van der Waals surface area (Å²) < 4.78 is 0.906. The van der Waals surface area contributed by atoms with E-state index >= 15 is 0 Å². The Hall–Kier alpha value is -1.02. The fourth-order valence-corrected chi connectivity index (χ4v) is 2.74. The van der Waals surface area contributed by atoms with Crippen molar-refractivity contribution in [2.75, 3.05) is 0 Å². The molecule has 84 valence electrons. The highest BCUT2D eigenvalue weighted by Crippen LogP contribution is 2.34. The number of rotatable bonds is 2. The highest BCUT2D eigenvalue weighted by molar-refractivity contribution is 9.10. The van der Waals surface area contributed by atoms with E-state index in [4.69, 9.17) is 16.9 Å². The zero-order chi connectivity index (χ0) is 12.3. The minimum absolute atomic E-state index is 0.556. The van der Waals surface area contributed by atoms with Crippen molar-refractivity contribution in [3.05, 3.63) is 51.6 Å². The van der Waals surface area contributed by atoms with E-state index in [9.17, 15) is 0 Å². The van der Waals surface area contributed by atoms with Gasteiger partial charge in [-0.3, -0.25) is 0 Å². The molecule has 0 radical (unpaired) electrons. The van der Waals surface area contributed by atoms with E-state index in [0.717, 1.165) is 14.4 Å². The van der Waals surface area contributed by atoms with Crippen LogP contribution in [-0.4, -0.2) is 4.98 Å². The first-order chi connectivity index (χ1) is 8.20. The summed E-state index contributed by atoms with van der Waals surface area (Å²) in [7, 11) is 0. The Morgan fingerprint density at radius 3 is 2.88 bits per heavy atom. The number of nitrogens with zero attached hydrogens (tertiary/aromatic N) is 2. The molecule has 0 unspecified atom stereocenters. The van der Waals surface area contributed by atoms with Gasteiger partial charge in [-0.1, -0.05) is 23.4 Å². The molecular formula is C12H6BrClN2S. The van der Waals surface area contributed by atoms with Crippen LogP contribution in [0.25, 0.3) is 0 Å². The van der Waals surface area contributed by atoms with Gasteiger partial charge in [-0.2, -0.15) is 5.26 Å². The maximum atomic E-state index is 9.04. The number of benzene rings is 1. The molecule has 0 aliphatic rings. The molecular weight excluding hydrogens is 320 g/mol. The third-order valence-electron chi connectivity index (χ3n) is 1.99. The van der Waals surface area contributed by atoms with Crippen molar-refractivity contribution in [3.8, 4) is 6.07 Å². The molecule has 0 saturated carbocycles. The molecule has 1 aromatic carbocycles. The third-order valence-corrected chi connectivity index (χ3v) is 4.23. The van der Waals surface area contributed by atoms with Crippen LogP contribution >= 0.6 is 39.3 Å². The van der Waals surface area contributed by atoms with E-state index in [1.807, 2.05) is 18.2 Å². The minimum Gasteiger partial charge on any atom is -0.248 e. The van der Waals surface area contributed by atoms with Crippen LogP contribution in [0.2, 0.25) is 5.02 Å². The predicted molar refractivity (Wildman–Crippen MR) is 72.2 cm³/mol. The smallest absolute Gasteiger partial charge is 0.115 e. The van der Waals surface area contributed by atoms with Crippen LogP contribution in [0, 0.1) is 11.3 Å². The number of hydrogen-bond acceptors (Lipinski definition) is 3. The number of halogens is 2. The Bertz CT molecular complexity index is 595. The Kier molecular flexibility index (Phi) is 4.06. The molecule has 0 atom stereocenters. The molecule has 1 aromatic heterocycles. The van der Waals surface area contributed by atoms with Crippen LogP contribution in [0.15, 0.2) is 50.9 Å². The normalized spacial score (nSPS) is 9.94. The van der Waals surface area contributed by atoms with Gasteiger partial charge < -0.3 is 0 Å². The Labute approximate surface area is 117 Å². The van der Waals surface area contributed by atoms with Crippen molar-refractivity contribution in [2.45, 2.75) is 9.92 Å². The lowest BCUT2D eigenvalue weighted by atomic mass is 10.2. The molecule has 1 heterocycles. The third kappa shape index (κ3) is 3.01. The van der Waals surface area contributed by atoms with Gasteiger partial charge in [0.1, 0.15) is 11.1 Å². The van der Waals surface area contributed by atoms with Gasteiger partial charge in [-0.15, -0.1) is 0 Å². The van der Waals surface area contributed by atoms with E-state index in [2.05, 4.69) is 27.0 Å². The van der Waals surface area contributed by atoms with Crippen molar-refractivity contribution in [3.63, 3.8) is 0 Å². The zero-order valence-electron chi connectivity index (χ0n) is 8.52. The molecule has 0 amide bonds. The van der Waals surface area contributed by atoms with E-state index in [0.29, 0.717) is 10.6 Å². The summed E-state index contributed by atoms with van der Waals surface area (Å²) in [6.07, 6.45) is 1.72. The van der Waals surface area contributed by atoms with Gasteiger partial charge >= 0.3 is 0 Å². The van der Waals surface area contributed by atoms with Crippen molar-refractivity contribution >= 4 is 39.3 Å². The van der Waals surface area contributed by atoms with Crippen molar-refractivity contribution in [2.24, 2.45) is 0 Å². The summed E-state index contributed by atoms with van der Waals surface area (Å²) in [6.45, 7) is 0. The molecule has 0 fully saturated rings. The second kappa shape index (κ2) is 5.54. The predicted octanol–water partition coefficient (Wildman–Crippen LogP) is 4.52. The molecule has 5 heteroatoms. The number of aromatic nitrogens is 1. The Balaban J connectivity index is 2.37. The highest BCUT2D eigenvalue weighted by atomic mass is 79.9. The number of hydrogen-bond donors (Lipinski definition) is 0. The van der Waals surface area contributed by atoms with E-state index < -0.39 is 0 Å². The second-order valence-electron chi connectivity index (χ2n) is 3.14. The molecule has 0 bridgehead atoms. The molecule has 2 rings (SSSR count). The quantitative estimate of drug-likeness (QED) is 0.814. The van der Waals surface area contributed by atoms with Gasteiger partial charge in [0, 0.05) is 16.1 Å². The van der Waals surface area contributed by atoms with Gasteiger partial charge in [-0.25, -0.2) is 4.98 Å². The van der Waals surface area contributed by atoms with E-state index in [-0.39, 0.29) is 0 Å². The molecule has 0 aliphatic heterocycles. The van der Waals surface area contributed by atoms with Crippen LogP contribution in [0.4, 0.5) is 0 Å². The largest absolute Gasteiger partial charge is 0.248 e. The summed E-state index contributed by atoms with van der Waals surface area (Å²) in [5.74, 6) is 0. The molecule has 2 aromatic rings. The monoisotopic (exact) mass is 324 g/mol. The lowest BCUT2D eigenvalue weighted by Crippen LogP contribution is -1.84. The first kappa shape index (κ1) is 12.4. The van der Waals surface area contributed by atoms with Crippen molar-refractivity contribution in [1.82, 2.24) is 4.98 Å². The summed E-state index contributed by atoms with van der Waals surface area (Å²) in [4.78, 5) is 5.09. The average Bonchev–Trinajstić information content (AvgIpc) is 2.34.